The molecule has 0 aliphatic heterocycles. The molecule has 0 heterocycles. The fourth-order valence-corrected chi connectivity index (χ4v) is 2.13. The standard InChI is InChI=1S/C16H18FN/c1-11-4-7-13(8-5-11)16(18-3)14-9-6-12(2)10-15(14)17/h4-10,16,18H,1-3H3. The summed E-state index contributed by atoms with van der Waals surface area (Å²) in [7, 11) is 1.85. The van der Waals surface area contributed by atoms with E-state index < -0.39 is 0 Å². The summed E-state index contributed by atoms with van der Waals surface area (Å²) in [6, 6.07) is 13.4. The molecule has 2 aromatic carbocycles. The number of nitrogens with one attached hydrogen (secondary N) is 1. The van der Waals surface area contributed by atoms with Crippen LogP contribution >= 0.6 is 0 Å². The summed E-state index contributed by atoms with van der Waals surface area (Å²) in [5.74, 6) is -0.157. The van der Waals surface area contributed by atoms with Gasteiger partial charge in [0.15, 0.2) is 0 Å². The molecule has 1 nitrogen and oxygen atoms in total. The highest BCUT2D eigenvalue weighted by Gasteiger charge is 2.15. The van der Waals surface area contributed by atoms with Crippen LogP contribution in [0.5, 0.6) is 0 Å². The van der Waals surface area contributed by atoms with Crippen molar-refractivity contribution in [2.45, 2.75) is 19.9 Å². The Kier molecular flexibility index (Phi) is 3.78. The third-order valence-electron chi connectivity index (χ3n) is 3.17. The van der Waals surface area contributed by atoms with Gasteiger partial charge in [-0.1, -0.05) is 42.0 Å². The fourth-order valence-electron chi connectivity index (χ4n) is 2.13. The molecule has 0 radical (unpaired) electrons. The molecule has 1 N–H and O–H groups in total. The molecular formula is C16H18FN. The molecule has 18 heavy (non-hydrogen) atoms. The molecule has 1 atom stereocenters. The molecule has 0 spiro atoms. The van der Waals surface area contributed by atoms with Crippen LogP contribution in [0.1, 0.15) is 28.3 Å². The second kappa shape index (κ2) is 5.32. The molecule has 1 unspecified atom stereocenters. The van der Waals surface area contributed by atoms with Gasteiger partial charge < -0.3 is 5.32 Å². The van der Waals surface area contributed by atoms with Crippen LogP contribution in [0.3, 0.4) is 0 Å². The lowest BCUT2D eigenvalue weighted by molar-refractivity contribution is 0.575. The number of hydrogen-bond acceptors (Lipinski definition) is 1. The molecule has 2 rings (SSSR count). The maximum absolute atomic E-state index is 14.0. The van der Waals surface area contributed by atoms with Crippen LogP contribution in [-0.4, -0.2) is 7.05 Å². The summed E-state index contributed by atoms with van der Waals surface area (Å²) < 4.78 is 14.0. The third-order valence-corrected chi connectivity index (χ3v) is 3.17. The predicted octanol–water partition coefficient (Wildman–Crippen LogP) is 3.75. The second-order valence-electron chi connectivity index (χ2n) is 4.66. The first-order chi connectivity index (χ1) is 8.61. The summed E-state index contributed by atoms with van der Waals surface area (Å²) in [6.07, 6.45) is 0. The maximum Gasteiger partial charge on any atom is 0.128 e. The van der Waals surface area contributed by atoms with Crippen LogP contribution in [-0.2, 0) is 0 Å². The third kappa shape index (κ3) is 2.59. The van der Waals surface area contributed by atoms with Gasteiger partial charge in [-0.15, -0.1) is 0 Å². The zero-order valence-corrected chi connectivity index (χ0v) is 11.0. The summed E-state index contributed by atoms with van der Waals surface area (Å²) in [5, 5.41) is 3.17. The van der Waals surface area contributed by atoms with E-state index in [4.69, 9.17) is 0 Å². The lowest BCUT2D eigenvalue weighted by Crippen LogP contribution is -2.19. The van der Waals surface area contributed by atoms with Crippen molar-refractivity contribution in [2.75, 3.05) is 7.05 Å². The van der Waals surface area contributed by atoms with Crippen molar-refractivity contribution in [1.82, 2.24) is 5.32 Å². The van der Waals surface area contributed by atoms with E-state index in [0.29, 0.717) is 5.56 Å². The van der Waals surface area contributed by atoms with E-state index >= 15 is 0 Å². The topological polar surface area (TPSA) is 12.0 Å². The van der Waals surface area contributed by atoms with Crippen LogP contribution in [0.15, 0.2) is 42.5 Å². The first kappa shape index (κ1) is 12.8. The average Bonchev–Trinajstić information content (AvgIpc) is 2.35. The van der Waals surface area contributed by atoms with Gasteiger partial charge in [-0.2, -0.15) is 0 Å². The minimum absolute atomic E-state index is 0.105. The van der Waals surface area contributed by atoms with Gasteiger partial charge in [0.2, 0.25) is 0 Å². The van der Waals surface area contributed by atoms with Crippen LogP contribution in [0, 0.1) is 19.7 Å². The Hall–Kier alpha value is -1.67. The molecule has 0 aromatic heterocycles. The average molecular weight is 243 g/mol. The van der Waals surface area contributed by atoms with Crippen molar-refractivity contribution in [3.05, 3.63) is 70.5 Å². The number of hydrogen-bond donors (Lipinski definition) is 1. The Bertz CT molecular complexity index is 531. The minimum atomic E-state index is -0.157. The van der Waals surface area contributed by atoms with E-state index in [9.17, 15) is 4.39 Å². The second-order valence-corrected chi connectivity index (χ2v) is 4.66. The van der Waals surface area contributed by atoms with Crippen molar-refractivity contribution in [1.29, 1.82) is 0 Å². The predicted molar refractivity (Wildman–Crippen MR) is 73.2 cm³/mol. The smallest absolute Gasteiger partial charge is 0.128 e. The molecule has 2 aromatic rings. The van der Waals surface area contributed by atoms with E-state index in [1.165, 1.54) is 5.56 Å². The summed E-state index contributed by atoms with van der Waals surface area (Å²) in [4.78, 5) is 0. The molecule has 2 heteroatoms. The number of benzene rings is 2. The lowest BCUT2D eigenvalue weighted by atomic mass is 9.97. The molecule has 0 fully saturated rings. The van der Waals surface area contributed by atoms with Gasteiger partial charge in [0.25, 0.3) is 0 Å². The highest BCUT2D eigenvalue weighted by molar-refractivity contribution is 5.35. The van der Waals surface area contributed by atoms with E-state index in [1.807, 2.05) is 57.3 Å². The Balaban J connectivity index is 2.41. The Morgan fingerprint density at radius 2 is 1.56 bits per heavy atom. The molecule has 0 amide bonds. The van der Waals surface area contributed by atoms with Gasteiger partial charge >= 0.3 is 0 Å². The zero-order valence-electron chi connectivity index (χ0n) is 11.0. The first-order valence-electron chi connectivity index (χ1n) is 6.11. The highest BCUT2D eigenvalue weighted by Crippen LogP contribution is 2.25. The van der Waals surface area contributed by atoms with E-state index in [-0.39, 0.29) is 11.9 Å². The van der Waals surface area contributed by atoms with Gasteiger partial charge in [0, 0.05) is 5.56 Å². The van der Waals surface area contributed by atoms with Gasteiger partial charge in [-0.3, -0.25) is 0 Å². The Morgan fingerprint density at radius 1 is 0.944 bits per heavy atom. The van der Waals surface area contributed by atoms with Crippen molar-refractivity contribution in [3.63, 3.8) is 0 Å². The van der Waals surface area contributed by atoms with Crippen LogP contribution in [0.4, 0.5) is 4.39 Å². The number of rotatable bonds is 3. The van der Waals surface area contributed by atoms with E-state index in [1.54, 1.807) is 6.07 Å². The van der Waals surface area contributed by atoms with Crippen molar-refractivity contribution in [3.8, 4) is 0 Å². The summed E-state index contributed by atoms with van der Waals surface area (Å²) in [6.45, 7) is 3.94. The fraction of sp³-hybridized carbons (Fsp3) is 0.250. The number of aryl methyl sites for hydroxylation is 2. The minimum Gasteiger partial charge on any atom is -0.309 e. The molecule has 0 aliphatic rings. The normalized spacial score (nSPS) is 12.4. The van der Waals surface area contributed by atoms with E-state index in [2.05, 4.69) is 5.32 Å². The molecule has 0 aliphatic carbocycles. The Morgan fingerprint density at radius 3 is 2.11 bits per heavy atom. The van der Waals surface area contributed by atoms with Crippen LogP contribution in [0.25, 0.3) is 0 Å². The van der Waals surface area contributed by atoms with Crippen molar-refractivity contribution in [2.24, 2.45) is 0 Å². The number of halogens is 1. The van der Waals surface area contributed by atoms with Crippen LogP contribution in [0.2, 0.25) is 0 Å². The van der Waals surface area contributed by atoms with Gasteiger partial charge in [-0.25, -0.2) is 4.39 Å². The van der Waals surface area contributed by atoms with Crippen molar-refractivity contribution < 1.29 is 4.39 Å². The van der Waals surface area contributed by atoms with Crippen LogP contribution < -0.4 is 5.32 Å². The largest absolute Gasteiger partial charge is 0.309 e. The van der Waals surface area contributed by atoms with Gasteiger partial charge in [0.05, 0.1) is 6.04 Å². The molecule has 0 saturated carbocycles. The van der Waals surface area contributed by atoms with Crippen molar-refractivity contribution >= 4 is 0 Å². The first-order valence-corrected chi connectivity index (χ1v) is 6.11. The maximum atomic E-state index is 14.0. The van der Waals surface area contributed by atoms with E-state index in [0.717, 1.165) is 11.1 Å². The SMILES string of the molecule is CNC(c1ccc(C)cc1)c1ccc(C)cc1F. The monoisotopic (exact) mass is 243 g/mol. The Labute approximate surface area is 108 Å². The zero-order chi connectivity index (χ0) is 13.1. The lowest BCUT2D eigenvalue weighted by Gasteiger charge is -2.18. The summed E-state index contributed by atoms with van der Waals surface area (Å²) >= 11 is 0. The molecule has 94 valence electrons. The van der Waals surface area contributed by atoms with Gasteiger partial charge in [0.1, 0.15) is 5.82 Å². The highest BCUT2D eigenvalue weighted by atomic mass is 19.1. The molecular weight excluding hydrogens is 225 g/mol. The summed E-state index contributed by atoms with van der Waals surface area (Å²) in [5.41, 5.74) is 3.91. The molecule has 0 bridgehead atoms. The molecule has 0 saturated heterocycles. The quantitative estimate of drug-likeness (QED) is 0.865. The van der Waals surface area contributed by atoms with Gasteiger partial charge in [-0.05, 0) is 38.1 Å².